The van der Waals surface area contributed by atoms with Gasteiger partial charge in [0.05, 0.1) is 17.1 Å². The third-order valence-electron chi connectivity index (χ3n) is 3.98. The van der Waals surface area contributed by atoms with Crippen LogP contribution in [0.1, 0.15) is 19.3 Å². The van der Waals surface area contributed by atoms with E-state index in [0.717, 1.165) is 31.5 Å². The zero-order chi connectivity index (χ0) is 14.2. The Balaban J connectivity index is 1.93. The van der Waals surface area contributed by atoms with E-state index in [9.17, 15) is 8.42 Å². The van der Waals surface area contributed by atoms with E-state index < -0.39 is 10.0 Å². The van der Waals surface area contributed by atoms with E-state index in [1.165, 1.54) is 0 Å². The molecular formula is C14H20N2O3S. The van der Waals surface area contributed by atoms with Crippen LogP contribution in [-0.4, -0.2) is 46.0 Å². The molecular weight excluding hydrogens is 276 g/mol. The van der Waals surface area contributed by atoms with Crippen LogP contribution < -0.4 is 9.64 Å². The van der Waals surface area contributed by atoms with E-state index in [4.69, 9.17) is 4.74 Å². The molecule has 0 N–H and O–H groups in total. The second kappa shape index (κ2) is 5.26. The van der Waals surface area contributed by atoms with Gasteiger partial charge >= 0.3 is 0 Å². The molecule has 0 unspecified atom stereocenters. The van der Waals surface area contributed by atoms with Crippen LogP contribution in [0.5, 0.6) is 5.75 Å². The van der Waals surface area contributed by atoms with Crippen LogP contribution in [0.4, 0.5) is 5.69 Å². The maximum Gasteiger partial charge on any atom is 0.243 e. The molecule has 0 radical (unpaired) electrons. The first-order valence-electron chi connectivity index (χ1n) is 7.07. The van der Waals surface area contributed by atoms with Gasteiger partial charge in [0, 0.05) is 26.2 Å². The van der Waals surface area contributed by atoms with E-state index in [2.05, 4.69) is 4.90 Å². The molecule has 1 aromatic rings. The number of hydrogen-bond donors (Lipinski definition) is 0. The number of anilines is 1. The third kappa shape index (κ3) is 2.38. The summed E-state index contributed by atoms with van der Waals surface area (Å²) in [6.45, 7) is 2.67. The molecule has 6 heteroatoms. The summed E-state index contributed by atoms with van der Waals surface area (Å²) in [7, 11) is -1.39. The summed E-state index contributed by atoms with van der Waals surface area (Å²) in [5.74, 6) is 0.664. The zero-order valence-corrected chi connectivity index (χ0v) is 12.5. The van der Waals surface area contributed by atoms with Crippen molar-refractivity contribution in [3.63, 3.8) is 0 Å². The number of hydrogen-bond acceptors (Lipinski definition) is 4. The number of fused-ring (bicyclic) bond motifs is 1. The van der Waals surface area contributed by atoms with Crippen LogP contribution in [0.25, 0.3) is 0 Å². The third-order valence-corrected chi connectivity index (χ3v) is 5.87. The molecule has 1 aromatic carbocycles. The van der Waals surface area contributed by atoms with Crippen molar-refractivity contribution < 1.29 is 13.2 Å². The fourth-order valence-corrected chi connectivity index (χ4v) is 4.29. The number of nitrogens with zero attached hydrogens (tertiary/aromatic N) is 2. The largest absolute Gasteiger partial charge is 0.490 e. The van der Waals surface area contributed by atoms with E-state index in [1.54, 1.807) is 16.4 Å². The molecule has 5 nitrogen and oxygen atoms in total. The topological polar surface area (TPSA) is 49.9 Å². The summed E-state index contributed by atoms with van der Waals surface area (Å²) < 4.78 is 32.4. The van der Waals surface area contributed by atoms with Gasteiger partial charge in [-0.2, -0.15) is 4.31 Å². The fourth-order valence-electron chi connectivity index (χ4n) is 2.75. The number of rotatable bonds is 2. The highest BCUT2D eigenvalue weighted by atomic mass is 32.2. The van der Waals surface area contributed by atoms with Crippen molar-refractivity contribution in [2.75, 3.05) is 38.2 Å². The first-order valence-corrected chi connectivity index (χ1v) is 8.51. The lowest BCUT2D eigenvalue weighted by Gasteiger charge is -2.29. The first kappa shape index (κ1) is 13.7. The second-order valence-corrected chi connectivity index (χ2v) is 7.30. The highest BCUT2D eigenvalue weighted by Gasteiger charge is 2.27. The number of likely N-dealkylation sites (N-methyl/N-ethyl adjacent to an activating group) is 1. The summed E-state index contributed by atoms with van der Waals surface area (Å²) in [5, 5.41) is 0. The standard InChI is InChI=1S/C14H20N2O3S/c1-15-9-10-19-14-11-12(5-6-13(14)15)20(17,18)16-7-3-2-4-8-16/h5-6,11H,2-4,7-10H2,1H3. The van der Waals surface area contributed by atoms with Gasteiger partial charge in [0.1, 0.15) is 12.4 Å². The van der Waals surface area contributed by atoms with E-state index in [0.29, 0.717) is 30.3 Å². The average Bonchev–Trinajstić information content (AvgIpc) is 2.48. The summed E-state index contributed by atoms with van der Waals surface area (Å²) in [6.07, 6.45) is 3.01. The molecule has 3 rings (SSSR count). The normalized spacial score (nSPS) is 20.4. The van der Waals surface area contributed by atoms with Crippen LogP contribution in [-0.2, 0) is 10.0 Å². The van der Waals surface area contributed by atoms with Crippen molar-refractivity contribution in [3.05, 3.63) is 18.2 Å². The first-order chi connectivity index (χ1) is 9.59. The average molecular weight is 296 g/mol. The molecule has 1 fully saturated rings. The molecule has 0 spiro atoms. The molecule has 0 bridgehead atoms. The quantitative estimate of drug-likeness (QED) is 0.833. The fraction of sp³-hybridized carbons (Fsp3) is 0.571. The molecule has 0 aromatic heterocycles. The van der Waals surface area contributed by atoms with Crippen LogP contribution in [0, 0.1) is 0 Å². The van der Waals surface area contributed by atoms with Crippen LogP contribution in [0.3, 0.4) is 0 Å². The predicted molar refractivity (Wildman–Crippen MR) is 77.8 cm³/mol. The molecule has 1 saturated heterocycles. The highest BCUT2D eigenvalue weighted by molar-refractivity contribution is 7.89. The summed E-state index contributed by atoms with van der Waals surface area (Å²) in [5.41, 5.74) is 0.953. The van der Waals surface area contributed by atoms with Gasteiger partial charge in [0.2, 0.25) is 10.0 Å². The Morgan fingerprint density at radius 2 is 1.85 bits per heavy atom. The van der Waals surface area contributed by atoms with Crippen molar-refractivity contribution in [1.29, 1.82) is 0 Å². The van der Waals surface area contributed by atoms with Crippen molar-refractivity contribution in [2.45, 2.75) is 24.2 Å². The number of benzene rings is 1. The highest BCUT2D eigenvalue weighted by Crippen LogP contribution is 2.34. The van der Waals surface area contributed by atoms with Crippen molar-refractivity contribution >= 4 is 15.7 Å². The van der Waals surface area contributed by atoms with Crippen molar-refractivity contribution in [2.24, 2.45) is 0 Å². The van der Waals surface area contributed by atoms with Crippen molar-refractivity contribution in [1.82, 2.24) is 4.31 Å². The van der Waals surface area contributed by atoms with Gasteiger partial charge in [-0.3, -0.25) is 0 Å². The minimum Gasteiger partial charge on any atom is -0.490 e. The molecule has 0 aliphatic carbocycles. The van der Waals surface area contributed by atoms with Gasteiger partial charge in [0.15, 0.2) is 0 Å². The lowest BCUT2D eigenvalue weighted by molar-refractivity contribution is 0.310. The Morgan fingerprint density at radius 1 is 1.10 bits per heavy atom. The van der Waals surface area contributed by atoms with E-state index in [-0.39, 0.29) is 0 Å². The summed E-state index contributed by atoms with van der Waals surface area (Å²) in [4.78, 5) is 2.42. The van der Waals surface area contributed by atoms with Gasteiger partial charge < -0.3 is 9.64 Å². The van der Waals surface area contributed by atoms with Crippen molar-refractivity contribution in [3.8, 4) is 5.75 Å². The molecule has 0 saturated carbocycles. The molecule has 2 aliphatic rings. The molecule has 110 valence electrons. The minimum absolute atomic E-state index is 0.341. The molecule has 0 amide bonds. The van der Waals surface area contributed by atoms with Gasteiger partial charge in [-0.1, -0.05) is 6.42 Å². The van der Waals surface area contributed by atoms with E-state index in [1.807, 2.05) is 13.1 Å². The Bertz CT molecular complexity index is 594. The molecule has 2 aliphatic heterocycles. The number of sulfonamides is 1. The van der Waals surface area contributed by atoms with E-state index >= 15 is 0 Å². The Morgan fingerprint density at radius 3 is 2.60 bits per heavy atom. The Hall–Kier alpha value is -1.27. The number of ether oxygens (including phenoxy) is 1. The maximum absolute atomic E-state index is 12.6. The number of piperidine rings is 1. The SMILES string of the molecule is CN1CCOc2cc(S(=O)(=O)N3CCCCC3)ccc21. The van der Waals surface area contributed by atoms with Crippen LogP contribution >= 0.6 is 0 Å². The molecule has 2 heterocycles. The summed E-state index contributed by atoms with van der Waals surface area (Å²) in [6, 6.07) is 5.19. The molecule has 20 heavy (non-hydrogen) atoms. The second-order valence-electron chi connectivity index (χ2n) is 5.36. The minimum atomic E-state index is -3.38. The maximum atomic E-state index is 12.6. The Labute approximate surface area is 120 Å². The molecule has 0 atom stereocenters. The van der Waals surface area contributed by atoms with Gasteiger partial charge in [-0.15, -0.1) is 0 Å². The summed E-state index contributed by atoms with van der Waals surface area (Å²) >= 11 is 0. The zero-order valence-electron chi connectivity index (χ0n) is 11.7. The van der Waals surface area contributed by atoms with Gasteiger partial charge in [-0.25, -0.2) is 8.42 Å². The smallest absolute Gasteiger partial charge is 0.243 e. The Kier molecular flexibility index (Phi) is 3.60. The predicted octanol–water partition coefficient (Wildman–Crippen LogP) is 1.69. The lowest BCUT2D eigenvalue weighted by Crippen LogP contribution is -2.35. The van der Waals surface area contributed by atoms with Crippen LogP contribution in [0.15, 0.2) is 23.1 Å². The monoisotopic (exact) mass is 296 g/mol. The van der Waals surface area contributed by atoms with Crippen LogP contribution in [0.2, 0.25) is 0 Å². The van der Waals surface area contributed by atoms with Gasteiger partial charge in [-0.05, 0) is 25.0 Å². The lowest BCUT2D eigenvalue weighted by atomic mass is 10.2. The van der Waals surface area contributed by atoms with Gasteiger partial charge in [0.25, 0.3) is 0 Å².